The minimum Gasteiger partial charge on any atom is -0.392 e. The van der Waals surface area contributed by atoms with E-state index in [-0.39, 0.29) is 12.0 Å². The fourth-order valence-electron chi connectivity index (χ4n) is 4.82. The molecular formula is C24H43NO3. The molecule has 0 aliphatic heterocycles. The highest BCUT2D eigenvalue weighted by Crippen LogP contribution is 2.47. The Bertz CT molecular complexity index is 502. The maximum atomic E-state index is 10.5. The molecule has 0 radical (unpaired) electrons. The van der Waals surface area contributed by atoms with Crippen LogP contribution in [0.2, 0.25) is 0 Å². The largest absolute Gasteiger partial charge is 0.392 e. The molecule has 0 aromatic carbocycles. The summed E-state index contributed by atoms with van der Waals surface area (Å²) in [6.45, 7) is 7.02. The third-order valence-corrected chi connectivity index (χ3v) is 6.38. The normalized spacial score (nSPS) is 29.5. The van der Waals surface area contributed by atoms with E-state index < -0.39 is 6.10 Å². The molecule has 0 spiro atoms. The number of ether oxygens (including phenoxy) is 1. The molecule has 0 saturated heterocycles. The minimum absolute atomic E-state index is 0.160. The first kappa shape index (κ1) is 23.6. The molecule has 4 nitrogen and oxygen atoms in total. The molecule has 0 unspecified atom stereocenters. The summed E-state index contributed by atoms with van der Waals surface area (Å²) in [5, 5.41) is 20.9. The van der Waals surface area contributed by atoms with E-state index in [4.69, 9.17) is 4.74 Å². The first-order chi connectivity index (χ1) is 13.4. The van der Waals surface area contributed by atoms with Gasteiger partial charge in [0, 0.05) is 12.5 Å². The third kappa shape index (κ3) is 7.62. The Hall–Kier alpha value is -0.680. The molecule has 2 N–H and O–H groups in total. The second-order valence-corrected chi connectivity index (χ2v) is 9.38. The van der Waals surface area contributed by atoms with Crippen molar-refractivity contribution in [2.45, 2.75) is 71.0 Å². The third-order valence-electron chi connectivity index (χ3n) is 6.38. The molecule has 0 amide bonds. The van der Waals surface area contributed by atoms with E-state index in [1.165, 1.54) is 24.8 Å². The van der Waals surface area contributed by atoms with Crippen LogP contribution in [0.5, 0.6) is 0 Å². The molecule has 6 atom stereocenters. The molecule has 2 aliphatic carbocycles. The Morgan fingerprint density at radius 2 is 2.11 bits per heavy atom. The molecular weight excluding hydrogens is 350 g/mol. The van der Waals surface area contributed by atoms with Crippen molar-refractivity contribution in [1.82, 2.24) is 4.90 Å². The molecule has 0 aromatic rings. The molecule has 162 valence electrons. The van der Waals surface area contributed by atoms with Crippen LogP contribution in [-0.2, 0) is 4.74 Å². The first-order valence-corrected chi connectivity index (χ1v) is 11.4. The van der Waals surface area contributed by atoms with Crippen LogP contribution in [0.1, 0.15) is 58.8 Å². The summed E-state index contributed by atoms with van der Waals surface area (Å²) in [6.07, 6.45) is 13.1. The lowest BCUT2D eigenvalue weighted by molar-refractivity contribution is 0.131. The molecule has 0 bridgehead atoms. The highest BCUT2D eigenvalue weighted by molar-refractivity contribution is 5.21. The predicted octanol–water partition coefficient (Wildman–Crippen LogP) is 4.03. The van der Waals surface area contributed by atoms with E-state index in [0.717, 1.165) is 45.4 Å². The topological polar surface area (TPSA) is 52.9 Å². The maximum Gasteiger partial charge on any atom is 0.0723 e. The molecule has 0 heterocycles. The van der Waals surface area contributed by atoms with E-state index in [1.807, 2.05) is 6.08 Å². The van der Waals surface area contributed by atoms with E-state index in [2.05, 4.69) is 45.0 Å². The van der Waals surface area contributed by atoms with Gasteiger partial charge in [-0.05, 0) is 69.7 Å². The van der Waals surface area contributed by atoms with Gasteiger partial charge in [-0.1, -0.05) is 51.3 Å². The Morgan fingerprint density at radius 3 is 2.82 bits per heavy atom. The molecule has 1 saturated carbocycles. The summed E-state index contributed by atoms with van der Waals surface area (Å²) >= 11 is 0. The first-order valence-electron chi connectivity index (χ1n) is 11.4. The summed E-state index contributed by atoms with van der Waals surface area (Å²) in [7, 11) is 4.17. The van der Waals surface area contributed by atoms with Crippen molar-refractivity contribution in [1.29, 1.82) is 0 Å². The fourth-order valence-corrected chi connectivity index (χ4v) is 4.82. The zero-order chi connectivity index (χ0) is 20.5. The Morgan fingerprint density at radius 1 is 1.32 bits per heavy atom. The Kier molecular flexibility index (Phi) is 10.2. The summed E-state index contributed by atoms with van der Waals surface area (Å²) in [4.78, 5) is 2.18. The van der Waals surface area contributed by atoms with Crippen molar-refractivity contribution in [2.75, 3.05) is 33.9 Å². The summed E-state index contributed by atoms with van der Waals surface area (Å²) in [5.74, 6) is 1.64. The van der Waals surface area contributed by atoms with Crippen molar-refractivity contribution >= 4 is 0 Å². The Balaban J connectivity index is 1.75. The minimum atomic E-state index is -0.396. The number of aliphatic hydroxyl groups excluding tert-OH is 2. The number of fused-ring (bicyclic) bond motifs is 1. The van der Waals surface area contributed by atoms with E-state index >= 15 is 0 Å². The lowest BCUT2D eigenvalue weighted by Gasteiger charge is -2.19. The van der Waals surface area contributed by atoms with Crippen LogP contribution in [0.15, 0.2) is 23.8 Å². The van der Waals surface area contributed by atoms with Crippen LogP contribution in [0.25, 0.3) is 0 Å². The van der Waals surface area contributed by atoms with Gasteiger partial charge in [-0.3, -0.25) is 0 Å². The van der Waals surface area contributed by atoms with Crippen molar-refractivity contribution in [3.8, 4) is 0 Å². The number of rotatable bonds is 13. The number of nitrogens with zero attached hydrogens (tertiary/aromatic N) is 1. The van der Waals surface area contributed by atoms with Crippen LogP contribution >= 0.6 is 0 Å². The molecule has 2 rings (SSSR count). The van der Waals surface area contributed by atoms with Crippen molar-refractivity contribution in [3.05, 3.63) is 23.8 Å². The number of unbranched alkanes of at least 4 members (excludes halogenated alkanes) is 1. The van der Waals surface area contributed by atoms with Gasteiger partial charge in [0.05, 0.1) is 18.8 Å². The number of hydrogen-bond acceptors (Lipinski definition) is 4. The standard InChI is InChI=1S/C24H43NO3/c1-5-6-8-18(2)13-21(26)9-10-22-23-15-19(14-20(23)16-24(22)27)17-28-12-7-11-25(3)4/h9-10,14,18,20-24,26-27H,5-8,11-13,15-17H2,1-4H3/b10-9+/t18-,20-,21+,22+,23-,24+/m0/s1. The second kappa shape index (κ2) is 12.1. The molecule has 1 fully saturated rings. The van der Waals surface area contributed by atoms with Gasteiger partial charge in [-0.25, -0.2) is 0 Å². The van der Waals surface area contributed by atoms with Crippen LogP contribution in [-0.4, -0.2) is 61.2 Å². The summed E-state index contributed by atoms with van der Waals surface area (Å²) in [6, 6.07) is 0. The number of allylic oxidation sites excluding steroid dienone is 1. The maximum absolute atomic E-state index is 10.5. The van der Waals surface area contributed by atoms with Gasteiger partial charge in [0.25, 0.3) is 0 Å². The van der Waals surface area contributed by atoms with Crippen LogP contribution in [0.3, 0.4) is 0 Å². The molecule has 2 aliphatic rings. The summed E-state index contributed by atoms with van der Waals surface area (Å²) in [5.41, 5.74) is 1.39. The van der Waals surface area contributed by atoms with Crippen molar-refractivity contribution < 1.29 is 14.9 Å². The van der Waals surface area contributed by atoms with Gasteiger partial charge in [-0.15, -0.1) is 0 Å². The summed E-state index contributed by atoms with van der Waals surface area (Å²) < 4.78 is 5.85. The van der Waals surface area contributed by atoms with Gasteiger partial charge < -0.3 is 19.8 Å². The number of aliphatic hydroxyl groups is 2. The fraction of sp³-hybridized carbons (Fsp3) is 0.833. The SMILES string of the molecule is CCCC[C@H](C)C[C@H](O)/C=C/[C@@H]1[C@H]2CC(COCCCN(C)C)=C[C@H]2C[C@H]1O. The number of hydrogen-bond donors (Lipinski definition) is 2. The van der Waals surface area contributed by atoms with E-state index in [0.29, 0.717) is 17.8 Å². The van der Waals surface area contributed by atoms with Gasteiger partial charge in [-0.2, -0.15) is 0 Å². The highest BCUT2D eigenvalue weighted by Gasteiger charge is 2.43. The van der Waals surface area contributed by atoms with Crippen LogP contribution in [0, 0.1) is 23.7 Å². The quantitative estimate of drug-likeness (QED) is 0.366. The van der Waals surface area contributed by atoms with Crippen LogP contribution < -0.4 is 0 Å². The second-order valence-electron chi connectivity index (χ2n) is 9.38. The lowest BCUT2D eigenvalue weighted by Crippen LogP contribution is -2.19. The zero-order valence-corrected chi connectivity index (χ0v) is 18.5. The average molecular weight is 394 g/mol. The van der Waals surface area contributed by atoms with Gasteiger partial charge in [0.1, 0.15) is 0 Å². The molecule has 4 heteroatoms. The zero-order valence-electron chi connectivity index (χ0n) is 18.5. The molecule has 0 aromatic heterocycles. The van der Waals surface area contributed by atoms with Gasteiger partial charge in [0.15, 0.2) is 0 Å². The monoisotopic (exact) mass is 393 g/mol. The van der Waals surface area contributed by atoms with Crippen molar-refractivity contribution in [3.63, 3.8) is 0 Å². The van der Waals surface area contributed by atoms with Crippen LogP contribution in [0.4, 0.5) is 0 Å². The predicted molar refractivity (Wildman–Crippen MR) is 116 cm³/mol. The highest BCUT2D eigenvalue weighted by atomic mass is 16.5. The van der Waals surface area contributed by atoms with E-state index in [1.54, 1.807) is 0 Å². The van der Waals surface area contributed by atoms with Crippen molar-refractivity contribution in [2.24, 2.45) is 23.7 Å². The average Bonchev–Trinajstić information content (AvgIpc) is 3.14. The molecule has 28 heavy (non-hydrogen) atoms. The van der Waals surface area contributed by atoms with Gasteiger partial charge >= 0.3 is 0 Å². The smallest absolute Gasteiger partial charge is 0.0723 e. The van der Waals surface area contributed by atoms with Gasteiger partial charge in [0.2, 0.25) is 0 Å². The van der Waals surface area contributed by atoms with E-state index in [9.17, 15) is 10.2 Å². The lowest BCUT2D eigenvalue weighted by atomic mass is 9.88. The Labute approximate surface area is 172 Å².